The first kappa shape index (κ1) is 45.9. The summed E-state index contributed by atoms with van der Waals surface area (Å²) in [5, 5.41) is 7.94. The lowest BCUT2D eigenvalue weighted by Gasteiger charge is -2.30. The van der Waals surface area contributed by atoms with Crippen molar-refractivity contribution in [3.05, 3.63) is 118 Å². The van der Waals surface area contributed by atoms with Crippen LogP contribution in [-0.4, -0.2) is 108 Å². The Morgan fingerprint density at radius 1 is 0.886 bits per heavy atom. The van der Waals surface area contributed by atoms with E-state index in [1.165, 1.54) is 13.2 Å². The molecule has 5 atom stereocenters. The zero-order valence-corrected chi connectivity index (χ0v) is 41.6. The number of benzene rings is 3. The molecular weight excluding hydrogens is 928 g/mol. The minimum atomic E-state index is -1.10. The fourth-order valence-electron chi connectivity index (χ4n) is 10.4. The second-order valence-corrected chi connectivity index (χ2v) is 25.0. The third kappa shape index (κ3) is 8.32. The van der Waals surface area contributed by atoms with Gasteiger partial charge in [0.25, 0.3) is 0 Å². The molecule has 7 heterocycles. The van der Waals surface area contributed by atoms with Crippen molar-refractivity contribution in [2.75, 3.05) is 44.8 Å². The number of fused-ring (bicyclic) bond motifs is 5. The second kappa shape index (κ2) is 18.0. The highest BCUT2D eigenvalue weighted by atomic mass is 32.3. The van der Waals surface area contributed by atoms with E-state index in [4.69, 9.17) is 24.4 Å². The van der Waals surface area contributed by atoms with E-state index in [2.05, 4.69) is 49.8 Å². The molecule has 1 aliphatic carbocycles. The van der Waals surface area contributed by atoms with E-state index in [1.54, 1.807) is 22.4 Å². The number of carbonyl (C=O) groups excluding carboxylic acids is 3. The Morgan fingerprint density at radius 2 is 1.63 bits per heavy atom. The number of methoxy groups -OCH3 is 1. The Morgan fingerprint density at radius 3 is 2.34 bits per heavy atom. The molecule has 1 saturated carbocycles. The molecule has 0 spiro atoms. The summed E-state index contributed by atoms with van der Waals surface area (Å²) < 4.78 is 30.8. The summed E-state index contributed by atoms with van der Waals surface area (Å²) in [7, 11) is 2.00. The van der Waals surface area contributed by atoms with Crippen LogP contribution in [-0.2, 0) is 14.3 Å². The van der Waals surface area contributed by atoms with Gasteiger partial charge in [-0.2, -0.15) is 0 Å². The molecule has 3 fully saturated rings. The van der Waals surface area contributed by atoms with Gasteiger partial charge >= 0.3 is 6.09 Å². The van der Waals surface area contributed by atoms with E-state index in [0.717, 1.165) is 68.4 Å². The van der Waals surface area contributed by atoms with Crippen LogP contribution in [0.5, 0.6) is 5.75 Å². The molecule has 3 aromatic carbocycles. The van der Waals surface area contributed by atoms with E-state index >= 15 is 4.39 Å². The number of imidazole rings is 2. The molecule has 18 heteroatoms. The van der Waals surface area contributed by atoms with Crippen molar-refractivity contribution < 1.29 is 28.2 Å². The number of likely N-dealkylation sites (N-methyl/N-ethyl adjacent to an activating group) is 1. The standard InChI is InChI=1S/C52H57FN10O5S2/c1-28(2)44(60-52(66)67-4)49(64)61-18-10-13-38(61)46-55-24-36(59-46)32-20-34(53)43-39-21-33-19-31(16-17-37(33)63(39)51(68-41(43)22-32)42-25-57-48(69-42)30-14-15-30)35-23-56-47(58-35)40-26-70(5,6)27-62(40)50(65)45(54-3)29-11-8-7-9-12-29/h7-9,11-12,16-17,19-25,28,30,38,40,44-45,51,54H,10,13-15,18,26-27H2,1-6H3,(H,55,59)(H,56,58)(H,60,66)/t38-,40-,44-,45?,51-/m0/s1. The summed E-state index contributed by atoms with van der Waals surface area (Å²) in [5.41, 5.74) is 5.71. The van der Waals surface area contributed by atoms with Gasteiger partial charge in [0.05, 0.1) is 75.5 Å². The number of H-pyrrole nitrogens is 2. The normalized spacial score (nSPS) is 20.8. The largest absolute Gasteiger partial charge is 0.464 e. The fourth-order valence-corrected chi connectivity index (χ4v) is 13.9. The number of nitrogens with zero attached hydrogens (tertiary/aromatic N) is 6. The van der Waals surface area contributed by atoms with Gasteiger partial charge in [-0.25, -0.2) is 34.2 Å². The monoisotopic (exact) mass is 984 g/mol. The Kier molecular flexibility index (Phi) is 11.8. The predicted octanol–water partition coefficient (Wildman–Crippen LogP) is 9.41. The SMILES string of the molecule is CNC(C(=O)N1CS(C)(C)C[C@H]1c1ncc(-c2ccc3c(c2)cc2n3[C@H](c3cnc(C4CC4)s3)Oc3cc(-c4cnc([C@@H]5CCCN5C(=O)[C@@H](NC(=O)OC)C(C)C)[nH]4)cc(F)c3-2)[nH]1)c1ccccc1. The number of alkyl carbamates (subject to hydrolysis) is 1. The third-order valence-corrected chi connectivity index (χ3v) is 17.5. The molecule has 1 unspecified atom stereocenters. The maximum absolute atomic E-state index is 17.0. The number of hydrogen-bond acceptors (Lipinski definition) is 10. The smallest absolute Gasteiger partial charge is 0.407 e. The van der Waals surface area contributed by atoms with Crippen LogP contribution in [0, 0.1) is 11.7 Å². The van der Waals surface area contributed by atoms with Crippen molar-refractivity contribution in [1.29, 1.82) is 0 Å². The average Bonchev–Trinajstić information content (AvgIpc) is 4.03. The van der Waals surface area contributed by atoms with Crippen LogP contribution in [0.25, 0.3) is 44.7 Å². The molecule has 4 aromatic heterocycles. The fraction of sp³-hybridized carbons (Fsp3) is 0.385. The number of amides is 3. The number of halogens is 1. The number of thiazole rings is 1. The van der Waals surface area contributed by atoms with Gasteiger partial charge in [0, 0.05) is 40.9 Å². The summed E-state index contributed by atoms with van der Waals surface area (Å²) in [6.45, 7) is 4.27. The van der Waals surface area contributed by atoms with Crippen LogP contribution in [0.1, 0.15) is 96.9 Å². The van der Waals surface area contributed by atoms with Gasteiger partial charge in [-0.3, -0.25) is 14.2 Å². The Hall–Kier alpha value is -6.50. The van der Waals surface area contributed by atoms with Crippen LogP contribution in [0.15, 0.2) is 85.3 Å². The molecule has 7 aromatic rings. The number of carbonyl (C=O) groups is 3. The Labute approximate surface area is 410 Å². The number of rotatable bonds is 12. The van der Waals surface area contributed by atoms with E-state index < -0.39 is 40.3 Å². The van der Waals surface area contributed by atoms with Crippen molar-refractivity contribution in [2.45, 2.75) is 75.8 Å². The summed E-state index contributed by atoms with van der Waals surface area (Å²) in [5.74, 6) is 2.92. The second-order valence-electron chi connectivity index (χ2n) is 19.8. The van der Waals surface area contributed by atoms with Gasteiger partial charge in [0.2, 0.25) is 18.0 Å². The van der Waals surface area contributed by atoms with Gasteiger partial charge in [-0.1, -0.05) is 50.2 Å². The Balaban J connectivity index is 0.916. The summed E-state index contributed by atoms with van der Waals surface area (Å²) in [4.78, 5) is 66.4. The number of hydrogen-bond donors (Lipinski definition) is 4. The first-order chi connectivity index (χ1) is 33.8. The van der Waals surface area contributed by atoms with Crippen molar-refractivity contribution in [3.8, 4) is 39.5 Å². The highest BCUT2D eigenvalue weighted by Crippen LogP contribution is 2.53. The first-order valence-corrected chi connectivity index (χ1v) is 27.5. The van der Waals surface area contributed by atoms with Crippen LogP contribution >= 0.6 is 21.4 Å². The lowest BCUT2D eigenvalue weighted by molar-refractivity contribution is -0.135. The molecule has 15 nitrogen and oxygen atoms in total. The quantitative estimate of drug-likeness (QED) is 0.0930. The molecule has 4 N–H and O–H groups in total. The maximum Gasteiger partial charge on any atom is 0.407 e. The summed E-state index contributed by atoms with van der Waals surface area (Å²) >= 11 is 1.64. The highest BCUT2D eigenvalue weighted by molar-refractivity contribution is 8.32. The van der Waals surface area contributed by atoms with Crippen LogP contribution < -0.4 is 15.4 Å². The van der Waals surface area contributed by atoms with Gasteiger partial charge in [0.15, 0.2) is 0 Å². The lowest BCUT2D eigenvalue weighted by Crippen LogP contribution is -2.51. The van der Waals surface area contributed by atoms with Crippen molar-refractivity contribution in [2.24, 2.45) is 5.92 Å². The molecule has 0 radical (unpaired) electrons. The average molecular weight is 985 g/mol. The summed E-state index contributed by atoms with van der Waals surface area (Å²) in [6, 6.07) is 19.6. The first-order valence-electron chi connectivity index (χ1n) is 23.9. The van der Waals surface area contributed by atoms with Gasteiger partial charge < -0.3 is 39.9 Å². The van der Waals surface area contributed by atoms with Gasteiger partial charge in [-0.05, 0) is 87.1 Å². The molecule has 3 aliphatic heterocycles. The highest BCUT2D eigenvalue weighted by Gasteiger charge is 2.43. The number of nitrogens with one attached hydrogen (secondary N) is 4. The molecular formula is C52H57FN10O5S2. The molecule has 0 bridgehead atoms. The topological polar surface area (TPSA) is 175 Å². The number of aromatic nitrogens is 6. The van der Waals surface area contributed by atoms with Crippen LogP contribution in [0.3, 0.4) is 0 Å². The maximum atomic E-state index is 17.0. The summed E-state index contributed by atoms with van der Waals surface area (Å²) in [6.07, 6.45) is 12.4. The molecule has 364 valence electrons. The minimum Gasteiger partial charge on any atom is -0.464 e. The molecule has 70 heavy (non-hydrogen) atoms. The molecule has 2 saturated heterocycles. The minimum absolute atomic E-state index is 0.0304. The predicted molar refractivity (Wildman–Crippen MR) is 270 cm³/mol. The Bertz CT molecular complexity index is 3140. The van der Waals surface area contributed by atoms with Crippen LogP contribution in [0.4, 0.5) is 9.18 Å². The van der Waals surface area contributed by atoms with E-state index in [9.17, 15) is 14.4 Å². The van der Waals surface area contributed by atoms with E-state index in [1.807, 2.05) is 86.7 Å². The van der Waals surface area contributed by atoms with Gasteiger partial charge in [0.1, 0.15) is 35.3 Å². The number of aromatic amines is 2. The van der Waals surface area contributed by atoms with Crippen LogP contribution in [0.2, 0.25) is 0 Å². The van der Waals surface area contributed by atoms with Gasteiger partial charge in [-0.15, -0.1) is 11.3 Å². The van der Waals surface area contributed by atoms with Crippen molar-refractivity contribution >= 4 is 50.2 Å². The van der Waals surface area contributed by atoms with E-state index in [0.29, 0.717) is 58.8 Å². The van der Waals surface area contributed by atoms with Crippen molar-refractivity contribution in [3.63, 3.8) is 0 Å². The number of likely N-dealkylation sites (tertiary alicyclic amines) is 1. The molecule has 11 rings (SSSR count). The third-order valence-electron chi connectivity index (χ3n) is 14.1. The zero-order valence-electron chi connectivity index (χ0n) is 40.0. The lowest BCUT2D eigenvalue weighted by atomic mass is 10.0. The number of ether oxygens (including phenoxy) is 2. The van der Waals surface area contributed by atoms with Crippen molar-refractivity contribution in [1.82, 2.24) is 49.9 Å². The van der Waals surface area contributed by atoms with E-state index in [-0.39, 0.29) is 29.8 Å². The molecule has 3 amide bonds. The molecule has 4 aliphatic rings. The zero-order chi connectivity index (χ0) is 48.6.